The number of hydrogen-bond donors (Lipinski definition) is 3. The van der Waals surface area contributed by atoms with Crippen molar-refractivity contribution in [2.75, 3.05) is 0 Å². The first-order valence-corrected chi connectivity index (χ1v) is 11.0. The van der Waals surface area contributed by atoms with Crippen LogP contribution in [0.1, 0.15) is 18.4 Å². The second-order valence-electron chi connectivity index (χ2n) is 7.49. The minimum atomic E-state index is -4.21. The number of hydroxylamine groups is 1. The van der Waals surface area contributed by atoms with Gasteiger partial charge < -0.3 is 14.2 Å². The lowest BCUT2D eigenvalue weighted by atomic mass is 9.98. The Morgan fingerprint density at radius 2 is 1.69 bits per heavy atom. The van der Waals surface area contributed by atoms with Gasteiger partial charge in [-0.15, -0.1) is 0 Å². The Hall–Kier alpha value is -3.22. The molecule has 0 spiro atoms. The van der Waals surface area contributed by atoms with Crippen molar-refractivity contribution in [3.63, 3.8) is 0 Å². The van der Waals surface area contributed by atoms with Gasteiger partial charge in [0.15, 0.2) is 0 Å². The zero-order valence-electron chi connectivity index (χ0n) is 16.5. The van der Waals surface area contributed by atoms with Gasteiger partial charge in [-0.05, 0) is 42.0 Å². The summed E-state index contributed by atoms with van der Waals surface area (Å²) in [4.78, 5) is 23.4. The van der Waals surface area contributed by atoms with Gasteiger partial charge in [0, 0.05) is 12.8 Å². The number of benzene rings is 2. The minimum absolute atomic E-state index is 0.147. The highest BCUT2D eigenvalue weighted by Gasteiger charge is 2.58. The maximum atomic E-state index is 13.0. The largest absolute Gasteiger partial charge is 0.509 e. The van der Waals surface area contributed by atoms with Gasteiger partial charge in [-0.25, -0.2) is 23.1 Å². The molecule has 32 heavy (non-hydrogen) atoms. The summed E-state index contributed by atoms with van der Waals surface area (Å²) in [5.74, 6) is -0.972. The molecule has 1 aliphatic heterocycles. The highest BCUT2D eigenvalue weighted by atomic mass is 32.2. The third-order valence-electron chi connectivity index (χ3n) is 5.33. The molecule has 2 atom stereocenters. The van der Waals surface area contributed by atoms with E-state index in [1.54, 1.807) is 12.1 Å². The van der Waals surface area contributed by atoms with Crippen LogP contribution >= 0.6 is 0 Å². The molecule has 2 unspecified atom stereocenters. The molecule has 10 nitrogen and oxygen atoms in total. The minimum Gasteiger partial charge on any atom is -0.489 e. The van der Waals surface area contributed by atoms with Gasteiger partial charge in [-0.1, -0.05) is 12.1 Å². The zero-order valence-corrected chi connectivity index (χ0v) is 17.3. The lowest BCUT2D eigenvalue weighted by Crippen LogP contribution is -2.57. The average Bonchev–Trinajstić information content (AvgIpc) is 3.27. The number of rotatable bonds is 7. The Labute approximate surface area is 182 Å². The predicted molar refractivity (Wildman–Crippen MR) is 105 cm³/mol. The van der Waals surface area contributed by atoms with Crippen LogP contribution in [-0.4, -0.2) is 43.4 Å². The van der Waals surface area contributed by atoms with Gasteiger partial charge in [0.05, 0.1) is 4.90 Å². The number of hydrogen-bond acceptors (Lipinski definition) is 8. The van der Waals surface area contributed by atoms with Crippen molar-refractivity contribution in [1.82, 2.24) is 10.2 Å². The second kappa shape index (κ2) is 8.37. The average molecular weight is 466 g/mol. The van der Waals surface area contributed by atoms with Gasteiger partial charge in [0.1, 0.15) is 35.9 Å². The van der Waals surface area contributed by atoms with Crippen LogP contribution in [0.25, 0.3) is 0 Å². The van der Waals surface area contributed by atoms with Crippen LogP contribution in [0, 0.1) is 5.82 Å². The van der Waals surface area contributed by atoms with Crippen LogP contribution in [0.2, 0.25) is 0 Å². The molecular weight excluding hydrogens is 447 g/mol. The first kappa shape index (κ1) is 22.0. The van der Waals surface area contributed by atoms with Gasteiger partial charge >= 0.3 is 6.16 Å². The molecule has 12 heteroatoms. The fourth-order valence-corrected chi connectivity index (χ4v) is 5.13. The SMILES string of the molecule is O=C1OC2CC(NS(=O)(=O)c3ccc(OCc4ccc(F)cc4)cc3)(C(=O)NO)CC2O1. The van der Waals surface area contributed by atoms with E-state index < -0.39 is 39.8 Å². The van der Waals surface area contributed by atoms with Crippen molar-refractivity contribution in [3.8, 4) is 5.75 Å². The number of halogens is 1. The van der Waals surface area contributed by atoms with Crippen LogP contribution in [0.5, 0.6) is 5.75 Å². The third-order valence-corrected chi connectivity index (χ3v) is 6.88. The molecule has 170 valence electrons. The Morgan fingerprint density at radius 3 is 2.25 bits per heavy atom. The van der Waals surface area contributed by atoms with Crippen molar-refractivity contribution in [1.29, 1.82) is 0 Å². The summed E-state index contributed by atoms with van der Waals surface area (Å²) in [5, 5.41) is 9.13. The Morgan fingerprint density at radius 1 is 1.09 bits per heavy atom. The Balaban J connectivity index is 1.46. The summed E-state index contributed by atoms with van der Waals surface area (Å²) in [5.41, 5.74) is 0.432. The molecule has 2 aromatic rings. The predicted octanol–water partition coefficient (Wildman–Crippen LogP) is 1.62. The van der Waals surface area contributed by atoms with E-state index >= 15 is 0 Å². The summed E-state index contributed by atoms with van der Waals surface area (Å²) < 4.78 is 56.6. The Kier molecular flexibility index (Phi) is 5.75. The highest BCUT2D eigenvalue weighted by Crippen LogP contribution is 2.39. The van der Waals surface area contributed by atoms with Crippen LogP contribution < -0.4 is 14.9 Å². The first-order chi connectivity index (χ1) is 15.2. The molecule has 4 rings (SSSR count). The first-order valence-electron chi connectivity index (χ1n) is 9.54. The summed E-state index contributed by atoms with van der Waals surface area (Å²) in [7, 11) is -4.21. The molecule has 1 saturated carbocycles. The van der Waals surface area contributed by atoms with E-state index in [9.17, 15) is 22.4 Å². The molecule has 3 N–H and O–H groups in total. The van der Waals surface area contributed by atoms with Crippen molar-refractivity contribution < 1.29 is 41.8 Å². The highest BCUT2D eigenvalue weighted by molar-refractivity contribution is 7.89. The molecule has 1 aliphatic carbocycles. The van der Waals surface area contributed by atoms with Gasteiger partial charge in [0.2, 0.25) is 10.0 Å². The van der Waals surface area contributed by atoms with E-state index in [-0.39, 0.29) is 30.2 Å². The summed E-state index contributed by atoms with van der Waals surface area (Å²) >= 11 is 0. The number of sulfonamides is 1. The topological polar surface area (TPSA) is 140 Å². The monoisotopic (exact) mass is 466 g/mol. The number of ether oxygens (including phenoxy) is 3. The fourth-order valence-electron chi connectivity index (χ4n) is 3.74. The summed E-state index contributed by atoms with van der Waals surface area (Å²) in [6, 6.07) is 11.2. The van der Waals surface area contributed by atoms with Crippen molar-refractivity contribution in [2.45, 2.75) is 42.1 Å². The van der Waals surface area contributed by atoms with Crippen LogP contribution in [0.15, 0.2) is 53.4 Å². The quantitative estimate of drug-likeness (QED) is 0.318. The lowest BCUT2D eigenvalue weighted by molar-refractivity contribution is -0.136. The van der Waals surface area contributed by atoms with E-state index in [1.165, 1.54) is 41.9 Å². The Bertz CT molecular complexity index is 1110. The smallest absolute Gasteiger partial charge is 0.489 e. The zero-order chi connectivity index (χ0) is 22.9. The molecule has 0 aromatic heterocycles. The summed E-state index contributed by atoms with van der Waals surface area (Å²) in [6.45, 7) is 0.159. The number of nitrogens with one attached hydrogen (secondary N) is 2. The molecule has 0 bridgehead atoms. The van der Waals surface area contributed by atoms with E-state index in [0.29, 0.717) is 5.75 Å². The van der Waals surface area contributed by atoms with E-state index in [1.807, 2.05) is 0 Å². The number of carbonyl (C=O) groups is 2. The maximum absolute atomic E-state index is 13.0. The molecule has 1 amide bonds. The van der Waals surface area contributed by atoms with Crippen molar-refractivity contribution in [3.05, 3.63) is 59.9 Å². The fraction of sp³-hybridized carbons (Fsp3) is 0.300. The number of amides is 1. The van der Waals surface area contributed by atoms with Gasteiger partial charge in [-0.2, -0.15) is 4.72 Å². The van der Waals surface area contributed by atoms with Crippen molar-refractivity contribution >= 4 is 22.1 Å². The molecule has 2 aromatic carbocycles. The van der Waals surface area contributed by atoms with Crippen LogP contribution in [0.3, 0.4) is 0 Å². The summed E-state index contributed by atoms with van der Waals surface area (Å²) in [6.07, 6.45) is -2.92. The lowest BCUT2D eigenvalue weighted by Gasteiger charge is -2.27. The van der Waals surface area contributed by atoms with Crippen LogP contribution in [-0.2, 0) is 30.9 Å². The maximum Gasteiger partial charge on any atom is 0.509 e. The molecule has 1 saturated heterocycles. The van der Waals surface area contributed by atoms with Gasteiger partial charge in [0.25, 0.3) is 5.91 Å². The molecule has 2 aliphatic rings. The van der Waals surface area contributed by atoms with E-state index in [2.05, 4.69) is 4.72 Å². The third kappa shape index (κ3) is 4.38. The van der Waals surface area contributed by atoms with E-state index in [0.717, 1.165) is 5.56 Å². The number of fused-ring (bicyclic) bond motifs is 1. The van der Waals surface area contributed by atoms with Crippen LogP contribution in [0.4, 0.5) is 9.18 Å². The normalized spacial score (nSPS) is 24.4. The second-order valence-corrected chi connectivity index (χ2v) is 9.17. The molecular formula is C20H19FN2O8S. The molecule has 1 heterocycles. The standard InChI is InChI=1S/C20H19FN2O8S/c21-13-3-1-12(2-4-13)11-29-14-5-7-15(8-6-14)32(27,28)23-20(18(24)22-26)9-16-17(10-20)31-19(25)30-16/h1-8,16-17,23,26H,9-11H2,(H,22,24). The molecule has 0 radical (unpaired) electrons. The molecule has 2 fully saturated rings. The van der Waals surface area contributed by atoms with E-state index in [4.69, 9.17) is 19.4 Å². The number of carbonyl (C=O) groups excluding carboxylic acids is 2. The van der Waals surface area contributed by atoms with Gasteiger partial charge in [-0.3, -0.25) is 10.0 Å². The van der Waals surface area contributed by atoms with Crippen molar-refractivity contribution in [2.24, 2.45) is 0 Å².